The van der Waals surface area contributed by atoms with Gasteiger partial charge in [0.2, 0.25) is 0 Å². The van der Waals surface area contributed by atoms with Crippen LogP contribution in [0.3, 0.4) is 0 Å². The highest BCUT2D eigenvalue weighted by Crippen LogP contribution is 2.64. The Balaban J connectivity index is 1.98. The molecule has 1 heteroatoms. The molecule has 2 aromatic carbocycles. The van der Waals surface area contributed by atoms with E-state index in [0.717, 1.165) is 5.54 Å². The standard InChI is InChI=1S/C19H19Si/c1-4-14-18-16-12-8-11-15(13-9-6-5-7-10-13)17(16)19(14)20(18,2)3/h5-10,12,18H,4H2,1-3H3. The van der Waals surface area contributed by atoms with Crippen molar-refractivity contribution in [2.75, 3.05) is 0 Å². The van der Waals surface area contributed by atoms with Gasteiger partial charge < -0.3 is 0 Å². The molecule has 0 saturated carbocycles. The van der Waals surface area contributed by atoms with Crippen molar-refractivity contribution < 1.29 is 0 Å². The summed E-state index contributed by atoms with van der Waals surface area (Å²) in [4.78, 5) is 0. The second kappa shape index (κ2) is 3.95. The normalized spacial score (nSPS) is 21.6. The molecule has 2 heterocycles. The molecule has 20 heavy (non-hydrogen) atoms. The molecule has 0 saturated heterocycles. The topological polar surface area (TPSA) is 0 Å². The maximum absolute atomic E-state index is 3.51. The Hall–Kier alpha value is -1.60. The van der Waals surface area contributed by atoms with Gasteiger partial charge >= 0.3 is 0 Å². The number of allylic oxidation sites excluding steroid dienone is 1. The summed E-state index contributed by atoms with van der Waals surface area (Å²) < 4.78 is 0. The molecule has 3 aliphatic rings. The van der Waals surface area contributed by atoms with Crippen molar-refractivity contribution in [3.63, 3.8) is 0 Å². The van der Waals surface area contributed by atoms with Crippen molar-refractivity contribution in [3.8, 4) is 11.1 Å². The van der Waals surface area contributed by atoms with Crippen LogP contribution in [0.1, 0.15) is 30.0 Å². The molecule has 1 radical (unpaired) electrons. The van der Waals surface area contributed by atoms with Gasteiger partial charge in [0.15, 0.2) is 0 Å². The lowest BCUT2D eigenvalue weighted by molar-refractivity contribution is 0.955. The van der Waals surface area contributed by atoms with Gasteiger partial charge in [-0.3, -0.25) is 0 Å². The third-order valence-corrected chi connectivity index (χ3v) is 9.03. The zero-order chi connectivity index (χ0) is 13.9. The zero-order valence-electron chi connectivity index (χ0n) is 12.3. The summed E-state index contributed by atoms with van der Waals surface area (Å²) >= 11 is 0. The molecule has 0 fully saturated rings. The maximum atomic E-state index is 3.51. The van der Waals surface area contributed by atoms with Crippen LogP contribution in [0.2, 0.25) is 13.1 Å². The van der Waals surface area contributed by atoms with Gasteiger partial charge in [-0.05, 0) is 34.7 Å². The Labute approximate surface area is 122 Å². The average molecular weight is 275 g/mol. The van der Waals surface area contributed by atoms with Crippen LogP contribution in [0.5, 0.6) is 0 Å². The minimum absolute atomic E-state index is 0.773. The third kappa shape index (κ3) is 1.31. The minimum atomic E-state index is -1.24. The summed E-state index contributed by atoms with van der Waals surface area (Å²) in [6, 6.07) is 18.7. The van der Waals surface area contributed by atoms with Crippen LogP contribution in [-0.4, -0.2) is 8.07 Å². The van der Waals surface area contributed by atoms with Crippen molar-refractivity contribution in [1.82, 2.24) is 0 Å². The smallest absolute Gasteiger partial charge is 0.0654 e. The molecule has 2 bridgehead atoms. The first-order chi connectivity index (χ1) is 9.66. The number of hydrogen-bond acceptors (Lipinski definition) is 0. The summed E-state index contributed by atoms with van der Waals surface area (Å²) in [5.41, 5.74) is 8.25. The first-order valence-electron chi connectivity index (χ1n) is 7.50. The molecule has 0 N–H and O–H groups in total. The van der Waals surface area contributed by atoms with Crippen molar-refractivity contribution in [1.29, 1.82) is 0 Å². The Bertz CT molecular complexity index is 723. The van der Waals surface area contributed by atoms with Crippen LogP contribution in [0.25, 0.3) is 16.3 Å². The predicted octanol–water partition coefficient (Wildman–Crippen LogP) is 5.21. The van der Waals surface area contributed by atoms with E-state index in [-0.39, 0.29) is 0 Å². The van der Waals surface area contributed by atoms with Crippen LogP contribution in [0.15, 0.2) is 48.0 Å². The molecule has 1 atom stereocenters. The molecule has 0 nitrogen and oxygen atoms in total. The zero-order valence-corrected chi connectivity index (χ0v) is 13.3. The first-order valence-corrected chi connectivity index (χ1v) is 10.6. The minimum Gasteiger partial charge on any atom is -0.0654 e. The molecule has 2 aliphatic heterocycles. The fraction of sp³-hybridized carbons (Fsp3) is 0.263. The van der Waals surface area contributed by atoms with Gasteiger partial charge in [0.05, 0.1) is 8.07 Å². The van der Waals surface area contributed by atoms with E-state index in [4.69, 9.17) is 0 Å². The summed E-state index contributed by atoms with van der Waals surface area (Å²) in [6.07, 6.45) is 1.21. The van der Waals surface area contributed by atoms with E-state index in [1.165, 1.54) is 23.1 Å². The highest BCUT2D eigenvalue weighted by Gasteiger charge is 2.56. The molecular formula is C19H19Si. The highest BCUT2D eigenvalue weighted by molar-refractivity contribution is 7.01. The largest absolute Gasteiger partial charge is 0.0930 e. The first kappa shape index (κ1) is 12.2. The van der Waals surface area contributed by atoms with Gasteiger partial charge in [-0.1, -0.05) is 73.3 Å². The van der Waals surface area contributed by atoms with Gasteiger partial charge in [-0.25, -0.2) is 0 Å². The van der Waals surface area contributed by atoms with Crippen molar-refractivity contribution in [3.05, 3.63) is 65.2 Å². The fourth-order valence-electron chi connectivity index (χ4n) is 4.36. The number of rotatable bonds is 2. The molecule has 0 amide bonds. The lowest BCUT2D eigenvalue weighted by Crippen LogP contribution is -2.41. The van der Waals surface area contributed by atoms with E-state index in [0.29, 0.717) is 0 Å². The molecule has 1 unspecified atom stereocenters. The molecule has 5 rings (SSSR count). The SMILES string of the molecule is CCC1=C2c3c(-c4ccccc4)[c]ccc3C1[Si]2(C)C. The Morgan fingerprint density at radius 1 is 1.10 bits per heavy atom. The van der Waals surface area contributed by atoms with Crippen LogP contribution in [-0.2, 0) is 0 Å². The Morgan fingerprint density at radius 2 is 1.85 bits per heavy atom. The van der Waals surface area contributed by atoms with E-state index < -0.39 is 8.07 Å². The van der Waals surface area contributed by atoms with Crippen molar-refractivity contribution >= 4 is 13.3 Å². The molecule has 1 aliphatic carbocycles. The molecule has 0 aromatic heterocycles. The van der Waals surface area contributed by atoms with Gasteiger partial charge in [-0.15, -0.1) is 0 Å². The summed E-state index contributed by atoms with van der Waals surface area (Å²) in [7, 11) is -1.24. The summed E-state index contributed by atoms with van der Waals surface area (Å²) in [5.74, 6) is 0. The van der Waals surface area contributed by atoms with Gasteiger partial charge in [0, 0.05) is 5.54 Å². The van der Waals surface area contributed by atoms with E-state index in [1.54, 1.807) is 16.3 Å². The molecule has 0 spiro atoms. The summed E-state index contributed by atoms with van der Waals surface area (Å²) in [5, 5.41) is 1.73. The highest BCUT2D eigenvalue weighted by atomic mass is 28.3. The molecule has 99 valence electrons. The van der Waals surface area contributed by atoms with Crippen LogP contribution >= 0.6 is 0 Å². The van der Waals surface area contributed by atoms with E-state index in [9.17, 15) is 0 Å². The Kier molecular flexibility index (Phi) is 2.40. The number of hydrogen-bond donors (Lipinski definition) is 0. The molecule has 2 aromatic rings. The molecular weight excluding hydrogens is 256 g/mol. The summed E-state index contributed by atoms with van der Waals surface area (Å²) in [6.45, 7) is 7.37. The van der Waals surface area contributed by atoms with Crippen molar-refractivity contribution in [2.45, 2.75) is 32.0 Å². The monoisotopic (exact) mass is 275 g/mol. The second-order valence-electron chi connectivity index (χ2n) is 6.46. The van der Waals surface area contributed by atoms with E-state index in [1.807, 2.05) is 0 Å². The Morgan fingerprint density at radius 3 is 2.55 bits per heavy atom. The predicted molar refractivity (Wildman–Crippen MR) is 88.1 cm³/mol. The second-order valence-corrected chi connectivity index (χ2v) is 11.0. The van der Waals surface area contributed by atoms with Crippen LogP contribution in [0.4, 0.5) is 0 Å². The third-order valence-electron chi connectivity index (χ3n) is 5.07. The van der Waals surface area contributed by atoms with Crippen LogP contribution in [0, 0.1) is 6.07 Å². The van der Waals surface area contributed by atoms with Gasteiger partial charge in [-0.2, -0.15) is 0 Å². The lowest BCUT2D eigenvalue weighted by Gasteiger charge is -2.40. The van der Waals surface area contributed by atoms with Gasteiger partial charge in [0.1, 0.15) is 0 Å². The van der Waals surface area contributed by atoms with Crippen molar-refractivity contribution in [2.24, 2.45) is 0 Å². The number of benzene rings is 2. The average Bonchev–Trinajstić information content (AvgIpc) is 2.95. The quantitative estimate of drug-likeness (QED) is 0.660. The van der Waals surface area contributed by atoms with E-state index >= 15 is 0 Å². The van der Waals surface area contributed by atoms with Crippen LogP contribution < -0.4 is 0 Å². The maximum Gasteiger partial charge on any atom is 0.0930 e. The van der Waals surface area contributed by atoms with E-state index in [2.05, 4.69) is 68.5 Å². The fourth-order valence-corrected chi connectivity index (χ4v) is 8.72. The van der Waals surface area contributed by atoms with Gasteiger partial charge in [0.25, 0.3) is 0 Å². The lowest BCUT2D eigenvalue weighted by atomic mass is 9.97.